The summed E-state index contributed by atoms with van der Waals surface area (Å²) in [6, 6.07) is 16.3. The molecule has 1 aliphatic rings. The number of thioether (sulfide) groups is 1. The van der Waals surface area contributed by atoms with Crippen LogP contribution >= 0.6 is 24.0 Å². The molecule has 1 saturated heterocycles. The highest BCUT2D eigenvalue weighted by Crippen LogP contribution is 2.35. The Balaban J connectivity index is 1.85. The van der Waals surface area contributed by atoms with E-state index < -0.39 is 10.0 Å². The van der Waals surface area contributed by atoms with E-state index in [1.165, 1.54) is 30.2 Å². The average molecular weight is 513 g/mol. The summed E-state index contributed by atoms with van der Waals surface area (Å²) in [5.74, 6) is -0.126. The minimum atomic E-state index is -3.62. The molecule has 34 heavy (non-hydrogen) atoms. The lowest BCUT2D eigenvalue weighted by molar-refractivity contribution is -0.122. The molecule has 0 N–H and O–H groups in total. The maximum Gasteiger partial charge on any atom is 0.266 e. The SMILES string of the molecule is CCCN1C(=O)/C(=C/c2cn(-c3ccccc3)nc2-c2cccc(S(=O)(=O)N(C)C)c2)SC1=S. The summed E-state index contributed by atoms with van der Waals surface area (Å²) in [4.78, 5) is 15.2. The molecule has 0 spiro atoms. The Hall–Kier alpha value is -2.79. The zero-order valence-corrected chi connectivity index (χ0v) is 21.5. The molecular formula is C24H24N4O3S3. The molecule has 7 nitrogen and oxygen atoms in total. The molecule has 1 aromatic heterocycles. The number of benzene rings is 2. The van der Waals surface area contributed by atoms with Crippen LogP contribution < -0.4 is 0 Å². The number of amides is 1. The number of rotatable bonds is 7. The second-order valence-corrected chi connectivity index (χ2v) is 11.7. The van der Waals surface area contributed by atoms with Gasteiger partial charge in [-0.3, -0.25) is 9.69 Å². The van der Waals surface area contributed by atoms with E-state index >= 15 is 0 Å². The molecule has 0 aliphatic carbocycles. The molecule has 0 radical (unpaired) electrons. The molecule has 0 unspecified atom stereocenters. The first-order valence-electron chi connectivity index (χ1n) is 10.7. The van der Waals surface area contributed by atoms with Gasteiger partial charge in [0.2, 0.25) is 10.0 Å². The summed E-state index contributed by atoms with van der Waals surface area (Å²) in [5.41, 5.74) is 2.74. The van der Waals surface area contributed by atoms with Gasteiger partial charge < -0.3 is 0 Å². The molecule has 10 heteroatoms. The van der Waals surface area contributed by atoms with Crippen LogP contribution in [0.3, 0.4) is 0 Å². The number of sulfonamides is 1. The lowest BCUT2D eigenvalue weighted by Crippen LogP contribution is -2.28. The van der Waals surface area contributed by atoms with Crippen LogP contribution in [0.4, 0.5) is 0 Å². The van der Waals surface area contributed by atoms with Gasteiger partial charge in [-0.1, -0.05) is 61.2 Å². The van der Waals surface area contributed by atoms with Crippen LogP contribution in [0.1, 0.15) is 18.9 Å². The van der Waals surface area contributed by atoms with E-state index in [2.05, 4.69) is 0 Å². The predicted octanol–water partition coefficient (Wildman–Crippen LogP) is 4.40. The molecule has 1 aliphatic heterocycles. The van der Waals surface area contributed by atoms with E-state index in [9.17, 15) is 13.2 Å². The van der Waals surface area contributed by atoms with Gasteiger partial charge in [-0.2, -0.15) is 5.10 Å². The van der Waals surface area contributed by atoms with Crippen molar-refractivity contribution in [3.8, 4) is 16.9 Å². The zero-order chi connectivity index (χ0) is 24.5. The standard InChI is InChI=1S/C24H24N4O3S3/c1-4-13-27-23(29)21(33-24(27)32)15-18-16-28(19-10-6-5-7-11-19)25-22(18)17-9-8-12-20(14-17)34(30,31)26(2)3/h5-12,14-16H,4,13H2,1-3H3/b21-15-. The minimum absolute atomic E-state index is 0.126. The number of carbonyl (C=O) groups excluding carboxylic acids is 1. The Bertz CT molecular complexity index is 1380. The molecule has 2 aromatic carbocycles. The lowest BCUT2D eigenvalue weighted by atomic mass is 10.1. The van der Waals surface area contributed by atoms with E-state index in [0.717, 1.165) is 12.1 Å². The number of hydrogen-bond acceptors (Lipinski definition) is 6. The summed E-state index contributed by atoms with van der Waals surface area (Å²) < 4.78 is 28.8. The van der Waals surface area contributed by atoms with Crippen molar-refractivity contribution >= 4 is 50.3 Å². The largest absolute Gasteiger partial charge is 0.293 e. The Kier molecular flexibility index (Phi) is 7.04. The number of thiocarbonyl (C=S) groups is 1. The van der Waals surface area contributed by atoms with Crippen LogP contribution in [0.2, 0.25) is 0 Å². The van der Waals surface area contributed by atoms with E-state index in [-0.39, 0.29) is 10.8 Å². The maximum absolute atomic E-state index is 12.9. The molecule has 0 saturated carbocycles. The summed E-state index contributed by atoms with van der Waals surface area (Å²) in [7, 11) is -0.625. The van der Waals surface area contributed by atoms with E-state index in [0.29, 0.717) is 32.6 Å². The highest BCUT2D eigenvalue weighted by molar-refractivity contribution is 8.26. The smallest absolute Gasteiger partial charge is 0.266 e. The number of carbonyl (C=O) groups is 1. The van der Waals surface area contributed by atoms with Gasteiger partial charge in [0.15, 0.2) is 0 Å². The summed E-state index contributed by atoms with van der Waals surface area (Å²) in [6.07, 6.45) is 4.43. The average Bonchev–Trinajstić information content (AvgIpc) is 3.36. The first-order chi connectivity index (χ1) is 16.2. The fourth-order valence-corrected chi connectivity index (χ4v) is 5.75. The van der Waals surface area contributed by atoms with Crippen molar-refractivity contribution in [2.24, 2.45) is 0 Å². The quantitative estimate of drug-likeness (QED) is 0.345. The number of nitrogens with zero attached hydrogens (tertiary/aromatic N) is 4. The Morgan fingerprint density at radius 2 is 1.85 bits per heavy atom. The van der Waals surface area contributed by atoms with Crippen molar-refractivity contribution in [1.29, 1.82) is 0 Å². The number of aromatic nitrogens is 2. The molecule has 2 heterocycles. The minimum Gasteiger partial charge on any atom is -0.293 e. The van der Waals surface area contributed by atoms with Crippen molar-refractivity contribution in [2.45, 2.75) is 18.2 Å². The molecule has 0 atom stereocenters. The van der Waals surface area contributed by atoms with Gasteiger partial charge in [-0.25, -0.2) is 17.4 Å². The number of hydrogen-bond donors (Lipinski definition) is 0. The normalized spacial score (nSPS) is 15.6. The van der Waals surface area contributed by atoms with Gasteiger partial charge in [0.25, 0.3) is 5.91 Å². The van der Waals surface area contributed by atoms with Crippen LogP contribution in [-0.2, 0) is 14.8 Å². The number of para-hydroxylation sites is 1. The van der Waals surface area contributed by atoms with Crippen LogP contribution in [-0.4, -0.2) is 58.3 Å². The topological polar surface area (TPSA) is 75.5 Å². The molecule has 1 fully saturated rings. The van der Waals surface area contributed by atoms with Gasteiger partial charge in [0.1, 0.15) is 10.0 Å². The van der Waals surface area contributed by atoms with E-state index in [1.807, 2.05) is 49.5 Å². The van der Waals surface area contributed by atoms with Gasteiger partial charge >= 0.3 is 0 Å². The summed E-state index contributed by atoms with van der Waals surface area (Å²) in [5, 5.41) is 4.76. The first kappa shape index (κ1) is 24.3. The Morgan fingerprint density at radius 3 is 2.53 bits per heavy atom. The van der Waals surface area contributed by atoms with Crippen molar-refractivity contribution < 1.29 is 13.2 Å². The van der Waals surface area contributed by atoms with E-state index in [4.69, 9.17) is 17.3 Å². The molecule has 176 valence electrons. The second kappa shape index (κ2) is 9.83. The van der Waals surface area contributed by atoms with Crippen molar-refractivity contribution in [2.75, 3.05) is 20.6 Å². The zero-order valence-electron chi connectivity index (χ0n) is 19.0. The fraction of sp³-hybridized carbons (Fsp3) is 0.208. The third-order valence-corrected chi connectivity index (χ3v) is 8.45. The van der Waals surface area contributed by atoms with Crippen LogP contribution in [0.15, 0.2) is 70.6 Å². The van der Waals surface area contributed by atoms with Crippen molar-refractivity contribution in [3.63, 3.8) is 0 Å². The van der Waals surface area contributed by atoms with Crippen LogP contribution in [0.25, 0.3) is 23.0 Å². The third-order valence-electron chi connectivity index (χ3n) is 5.26. The van der Waals surface area contributed by atoms with Crippen LogP contribution in [0.5, 0.6) is 0 Å². The molecule has 0 bridgehead atoms. The van der Waals surface area contributed by atoms with E-state index in [1.54, 1.807) is 33.9 Å². The monoisotopic (exact) mass is 512 g/mol. The third kappa shape index (κ3) is 4.72. The van der Waals surface area contributed by atoms with Crippen molar-refractivity contribution in [1.82, 2.24) is 19.0 Å². The maximum atomic E-state index is 12.9. The summed E-state index contributed by atoms with van der Waals surface area (Å²) >= 11 is 6.67. The lowest BCUT2D eigenvalue weighted by Gasteiger charge is -2.12. The predicted molar refractivity (Wildman–Crippen MR) is 140 cm³/mol. The van der Waals surface area contributed by atoms with Gasteiger partial charge in [-0.15, -0.1) is 0 Å². The van der Waals surface area contributed by atoms with Gasteiger partial charge in [-0.05, 0) is 36.8 Å². The highest BCUT2D eigenvalue weighted by Gasteiger charge is 2.31. The Labute approximate surface area is 209 Å². The molecule has 1 amide bonds. The van der Waals surface area contributed by atoms with Gasteiger partial charge in [0, 0.05) is 38.0 Å². The second-order valence-electron chi connectivity index (χ2n) is 7.86. The van der Waals surface area contributed by atoms with Crippen molar-refractivity contribution in [3.05, 3.63) is 71.3 Å². The molecular weight excluding hydrogens is 488 g/mol. The highest BCUT2D eigenvalue weighted by atomic mass is 32.2. The summed E-state index contributed by atoms with van der Waals surface area (Å²) in [6.45, 7) is 2.57. The van der Waals surface area contributed by atoms with Crippen LogP contribution in [0, 0.1) is 0 Å². The molecule has 3 aromatic rings. The first-order valence-corrected chi connectivity index (χ1v) is 13.3. The fourth-order valence-electron chi connectivity index (χ4n) is 3.50. The molecule has 4 rings (SSSR count). The van der Waals surface area contributed by atoms with Gasteiger partial charge in [0.05, 0.1) is 15.5 Å². The Morgan fingerprint density at radius 1 is 1.12 bits per heavy atom.